The third-order valence-electron chi connectivity index (χ3n) is 2.25. The van der Waals surface area contributed by atoms with Gasteiger partial charge >= 0.3 is 5.97 Å². The lowest BCUT2D eigenvalue weighted by Crippen LogP contribution is -2.21. The Morgan fingerprint density at radius 1 is 1.31 bits per heavy atom. The van der Waals surface area contributed by atoms with Crippen LogP contribution in [0.2, 0.25) is 0 Å². The highest BCUT2D eigenvalue weighted by Gasteiger charge is 2.17. The molecule has 0 aromatic carbocycles. The Hall–Kier alpha value is -0.400. The highest BCUT2D eigenvalue weighted by Crippen LogP contribution is 2.10. The SMILES string of the molecule is CCCCC=COC(=O)C(CCCC)OP. The molecule has 0 spiro atoms. The maximum Gasteiger partial charge on any atom is 0.340 e. The Balaban J connectivity index is 3.78. The van der Waals surface area contributed by atoms with E-state index in [9.17, 15) is 4.79 Å². The lowest BCUT2D eigenvalue weighted by Gasteiger charge is -2.11. The van der Waals surface area contributed by atoms with Gasteiger partial charge in [0.15, 0.2) is 6.10 Å². The minimum Gasteiger partial charge on any atom is -0.433 e. The number of hydrogen-bond donors (Lipinski definition) is 0. The van der Waals surface area contributed by atoms with Gasteiger partial charge in [0.25, 0.3) is 0 Å². The fraction of sp³-hybridized carbons (Fsp3) is 0.750. The van der Waals surface area contributed by atoms with Gasteiger partial charge in [0.1, 0.15) is 0 Å². The van der Waals surface area contributed by atoms with Crippen LogP contribution in [0.4, 0.5) is 0 Å². The summed E-state index contributed by atoms with van der Waals surface area (Å²) in [5, 5.41) is 0. The third kappa shape index (κ3) is 7.84. The Bertz CT molecular complexity index is 204. The molecule has 2 unspecified atom stereocenters. The van der Waals surface area contributed by atoms with Crippen LogP contribution in [0.3, 0.4) is 0 Å². The van der Waals surface area contributed by atoms with Crippen molar-refractivity contribution in [2.45, 2.75) is 58.5 Å². The van der Waals surface area contributed by atoms with E-state index in [4.69, 9.17) is 9.26 Å². The first kappa shape index (κ1) is 15.6. The van der Waals surface area contributed by atoms with Crippen molar-refractivity contribution in [3.8, 4) is 0 Å². The average Bonchev–Trinajstić information content (AvgIpc) is 2.30. The van der Waals surface area contributed by atoms with E-state index in [0.29, 0.717) is 6.42 Å². The molecule has 0 saturated heterocycles. The first-order valence-corrected chi connectivity index (χ1v) is 6.44. The average molecular weight is 246 g/mol. The molecule has 0 aromatic heterocycles. The number of allylic oxidation sites excluding steroid dienone is 1. The van der Waals surface area contributed by atoms with Gasteiger partial charge in [-0.2, -0.15) is 0 Å². The smallest absolute Gasteiger partial charge is 0.340 e. The summed E-state index contributed by atoms with van der Waals surface area (Å²) in [6, 6.07) is 0. The van der Waals surface area contributed by atoms with Gasteiger partial charge in [-0.05, 0) is 25.3 Å². The Morgan fingerprint density at radius 3 is 2.56 bits per heavy atom. The summed E-state index contributed by atoms with van der Waals surface area (Å²) in [6.07, 6.45) is 8.83. The van der Waals surface area contributed by atoms with Gasteiger partial charge in [-0.3, -0.25) is 0 Å². The maximum absolute atomic E-state index is 11.5. The molecule has 0 rings (SSSR count). The van der Waals surface area contributed by atoms with Crippen LogP contribution in [0.25, 0.3) is 0 Å². The summed E-state index contributed by atoms with van der Waals surface area (Å²) in [5.41, 5.74) is 0. The number of rotatable bonds is 9. The molecular formula is C12H23O3P. The highest BCUT2D eigenvalue weighted by molar-refractivity contribution is 7.09. The number of hydrogen-bond acceptors (Lipinski definition) is 3. The van der Waals surface area contributed by atoms with Crippen molar-refractivity contribution < 1.29 is 14.1 Å². The zero-order chi connectivity index (χ0) is 12.2. The fourth-order valence-electron chi connectivity index (χ4n) is 1.21. The van der Waals surface area contributed by atoms with E-state index in [-0.39, 0.29) is 5.97 Å². The quantitative estimate of drug-likeness (QED) is 0.270. The fourth-order valence-corrected chi connectivity index (χ4v) is 1.46. The van der Waals surface area contributed by atoms with E-state index in [2.05, 4.69) is 23.3 Å². The van der Waals surface area contributed by atoms with Crippen molar-refractivity contribution in [3.05, 3.63) is 12.3 Å². The van der Waals surface area contributed by atoms with Gasteiger partial charge in [-0.15, -0.1) is 0 Å². The molecular weight excluding hydrogens is 223 g/mol. The molecule has 0 aliphatic rings. The predicted molar refractivity (Wildman–Crippen MR) is 68.9 cm³/mol. The van der Waals surface area contributed by atoms with E-state index >= 15 is 0 Å². The van der Waals surface area contributed by atoms with Crippen LogP contribution < -0.4 is 0 Å². The van der Waals surface area contributed by atoms with Crippen molar-refractivity contribution >= 4 is 15.4 Å². The second kappa shape index (κ2) is 11.1. The Kier molecular flexibility index (Phi) is 10.8. The van der Waals surface area contributed by atoms with Gasteiger partial charge in [0.05, 0.1) is 6.26 Å². The molecule has 16 heavy (non-hydrogen) atoms. The molecule has 3 nitrogen and oxygen atoms in total. The molecule has 0 heterocycles. The summed E-state index contributed by atoms with van der Waals surface area (Å²) < 4.78 is 9.98. The highest BCUT2D eigenvalue weighted by atomic mass is 31.0. The molecule has 0 bridgehead atoms. The summed E-state index contributed by atoms with van der Waals surface area (Å²) in [6.45, 7) is 4.21. The topological polar surface area (TPSA) is 35.5 Å². The number of carbonyl (C=O) groups is 1. The predicted octanol–water partition coefficient (Wildman–Crippen LogP) is 3.60. The second-order valence-corrected chi connectivity index (χ2v) is 3.99. The Labute approximate surface area is 101 Å². The molecule has 2 atom stereocenters. The molecule has 0 fully saturated rings. The minimum absolute atomic E-state index is 0.309. The molecule has 0 amide bonds. The number of esters is 1. The van der Waals surface area contributed by atoms with Crippen molar-refractivity contribution in [2.24, 2.45) is 0 Å². The van der Waals surface area contributed by atoms with Gasteiger partial charge in [-0.25, -0.2) is 4.79 Å². The van der Waals surface area contributed by atoms with Crippen LogP contribution in [0.15, 0.2) is 12.3 Å². The summed E-state index contributed by atoms with van der Waals surface area (Å²) in [4.78, 5) is 11.5. The monoisotopic (exact) mass is 246 g/mol. The minimum atomic E-state index is -0.458. The van der Waals surface area contributed by atoms with E-state index in [1.165, 1.54) is 6.26 Å². The van der Waals surface area contributed by atoms with Crippen molar-refractivity contribution in [3.63, 3.8) is 0 Å². The van der Waals surface area contributed by atoms with Gasteiger partial charge in [0, 0.05) is 9.47 Å². The number of carbonyl (C=O) groups excluding carboxylic acids is 1. The molecule has 0 radical (unpaired) electrons. The molecule has 0 aliphatic carbocycles. The molecule has 94 valence electrons. The van der Waals surface area contributed by atoms with Crippen LogP contribution in [-0.2, 0) is 14.1 Å². The summed E-state index contributed by atoms with van der Waals surface area (Å²) in [5.74, 6) is -0.309. The summed E-state index contributed by atoms with van der Waals surface area (Å²) >= 11 is 0. The van der Waals surface area contributed by atoms with Gasteiger partial charge in [0.2, 0.25) is 0 Å². The van der Waals surface area contributed by atoms with Gasteiger partial charge in [-0.1, -0.05) is 33.1 Å². The molecule has 0 N–H and O–H groups in total. The standard InChI is InChI=1S/C12H23O3P/c1-3-5-7-8-10-14-12(13)11(15-16)9-6-4-2/h8,10-11H,3-7,9,16H2,1-2H3. The van der Waals surface area contributed by atoms with Crippen molar-refractivity contribution in [1.82, 2.24) is 0 Å². The summed E-state index contributed by atoms with van der Waals surface area (Å²) in [7, 11) is 2.13. The maximum atomic E-state index is 11.5. The van der Waals surface area contributed by atoms with Crippen LogP contribution >= 0.6 is 9.47 Å². The normalized spacial score (nSPS) is 12.9. The third-order valence-corrected chi connectivity index (χ3v) is 2.58. The first-order chi connectivity index (χ1) is 7.76. The van der Waals surface area contributed by atoms with Crippen LogP contribution in [-0.4, -0.2) is 12.1 Å². The van der Waals surface area contributed by atoms with Crippen LogP contribution in [0.5, 0.6) is 0 Å². The lowest BCUT2D eigenvalue weighted by atomic mass is 10.2. The van der Waals surface area contributed by atoms with E-state index in [1.807, 2.05) is 6.08 Å². The molecule has 0 aliphatic heterocycles. The van der Waals surface area contributed by atoms with E-state index < -0.39 is 6.10 Å². The van der Waals surface area contributed by atoms with Crippen molar-refractivity contribution in [1.29, 1.82) is 0 Å². The largest absolute Gasteiger partial charge is 0.433 e. The number of ether oxygens (including phenoxy) is 1. The molecule has 0 aromatic rings. The first-order valence-electron chi connectivity index (χ1n) is 5.97. The zero-order valence-electron chi connectivity index (χ0n) is 10.3. The van der Waals surface area contributed by atoms with Crippen LogP contribution in [0.1, 0.15) is 52.4 Å². The van der Waals surface area contributed by atoms with Crippen molar-refractivity contribution in [2.75, 3.05) is 0 Å². The van der Waals surface area contributed by atoms with E-state index in [0.717, 1.165) is 32.1 Å². The van der Waals surface area contributed by atoms with Crippen LogP contribution in [0, 0.1) is 0 Å². The molecule has 0 saturated carbocycles. The van der Waals surface area contributed by atoms with Gasteiger partial charge < -0.3 is 9.26 Å². The Morgan fingerprint density at radius 2 is 2.00 bits per heavy atom. The zero-order valence-corrected chi connectivity index (χ0v) is 11.4. The molecule has 4 heteroatoms. The number of unbranched alkanes of at least 4 members (excludes halogenated alkanes) is 3. The second-order valence-electron chi connectivity index (χ2n) is 3.72. The van der Waals surface area contributed by atoms with E-state index in [1.54, 1.807) is 0 Å². The lowest BCUT2D eigenvalue weighted by molar-refractivity contribution is -0.145.